The number of pyridine rings is 2. The number of hydrogen-bond donors (Lipinski definition) is 1. The molecule has 6 aromatic rings. The van der Waals surface area contributed by atoms with Crippen LogP contribution in [0.1, 0.15) is 25.1 Å². The Balaban J connectivity index is 0.00000267. The summed E-state index contributed by atoms with van der Waals surface area (Å²) < 4.78 is 2.02. The van der Waals surface area contributed by atoms with Gasteiger partial charge in [0.2, 0.25) is 0 Å². The number of aromatic hydroxyl groups is 1. The first-order valence-electron chi connectivity index (χ1n) is 11.7. The van der Waals surface area contributed by atoms with E-state index in [0.717, 1.165) is 44.6 Å². The average Bonchev–Trinajstić information content (AvgIpc) is 3.23. The molecule has 0 aliphatic heterocycles. The minimum Gasteiger partial charge on any atom is -0.506 e. The fourth-order valence-electron chi connectivity index (χ4n) is 4.72. The topological polar surface area (TPSA) is 50.9 Å². The fraction of sp³-hybridized carbons (Fsp3) is 0.0968. The van der Waals surface area contributed by atoms with Gasteiger partial charge in [0.15, 0.2) is 0 Å². The van der Waals surface area contributed by atoms with Crippen LogP contribution in [0, 0.1) is 6.07 Å². The van der Waals surface area contributed by atoms with E-state index in [9.17, 15) is 5.11 Å². The summed E-state index contributed by atoms with van der Waals surface area (Å²) in [5.41, 5.74) is 5.82. The second-order valence-electron chi connectivity index (χ2n) is 9.22. The van der Waals surface area contributed by atoms with Crippen molar-refractivity contribution < 1.29 is 26.2 Å². The van der Waals surface area contributed by atoms with Crippen LogP contribution < -0.4 is 0 Å². The van der Waals surface area contributed by atoms with Gasteiger partial charge in [-0.25, -0.2) is 4.98 Å². The number of aromatic nitrogens is 3. The van der Waals surface area contributed by atoms with Gasteiger partial charge in [0.25, 0.3) is 0 Å². The summed E-state index contributed by atoms with van der Waals surface area (Å²) in [6.45, 7) is 4.33. The average molecular weight is 650 g/mol. The zero-order chi connectivity index (χ0) is 24.0. The summed E-state index contributed by atoms with van der Waals surface area (Å²) in [6.07, 6.45) is 0. The van der Waals surface area contributed by atoms with Gasteiger partial charge in [-0.2, -0.15) is 35.9 Å². The standard InChI is InChI=1S/C31H24N3O.Pt/c1-31(2,21-11-4-3-5-12-21)29-18-10-14-24(32-29)25-20-19-23-22-13-6-7-15-26(22)34(30(23)33-25)27-16-8-9-17-28(27)35;/h3-11,13-20,35H,1-2H3;/q-1;. The number of para-hydroxylation sites is 3. The molecule has 0 saturated heterocycles. The number of hydrogen-bond acceptors (Lipinski definition) is 3. The van der Waals surface area contributed by atoms with E-state index in [0.29, 0.717) is 5.69 Å². The molecule has 0 bridgehead atoms. The Labute approximate surface area is 224 Å². The molecule has 0 radical (unpaired) electrons. The molecule has 6 rings (SSSR count). The van der Waals surface area contributed by atoms with E-state index in [1.54, 1.807) is 6.07 Å². The maximum Gasteiger partial charge on any atom is 0.146 e. The molecule has 3 aromatic carbocycles. The first-order valence-corrected chi connectivity index (χ1v) is 11.7. The van der Waals surface area contributed by atoms with Crippen molar-refractivity contribution in [3.63, 3.8) is 0 Å². The SMILES string of the molecule is CC(C)(c1[c-]cccc1)c1cccc(-c2ccc3c4ccccc4n(-c4ccccc4O)c3n2)n1.[Pt]. The maximum atomic E-state index is 10.7. The van der Waals surface area contributed by atoms with Gasteiger partial charge in [0, 0.05) is 42.9 Å². The minimum atomic E-state index is -0.300. The number of phenolic OH excluding ortho intramolecular Hbond substituents is 1. The molecule has 3 heterocycles. The smallest absolute Gasteiger partial charge is 0.146 e. The van der Waals surface area contributed by atoms with Gasteiger partial charge < -0.3 is 5.11 Å². The van der Waals surface area contributed by atoms with Gasteiger partial charge >= 0.3 is 0 Å². The summed E-state index contributed by atoms with van der Waals surface area (Å²) in [5, 5.41) is 12.8. The number of rotatable bonds is 4. The van der Waals surface area contributed by atoms with Crippen LogP contribution in [0.4, 0.5) is 0 Å². The molecule has 1 N–H and O–H groups in total. The van der Waals surface area contributed by atoms with Crippen molar-refractivity contribution in [2.75, 3.05) is 0 Å². The molecule has 0 saturated carbocycles. The molecule has 0 fully saturated rings. The Morgan fingerprint density at radius 1 is 0.722 bits per heavy atom. The molecule has 4 nitrogen and oxygen atoms in total. The van der Waals surface area contributed by atoms with Crippen LogP contribution in [0.25, 0.3) is 39.0 Å². The molecular formula is C31H24N3OPt-. The second-order valence-corrected chi connectivity index (χ2v) is 9.22. The van der Waals surface area contributed by atoms with Crippen molar-refractivity contribution in [1.29, 1.82) is 0 Å². The van der Waals surface area contributed by atoms with Gasteiger partial charge in [-0.1, -0.05) is 50.2 Å². The molecule has 180 valence electrons. The number of nitrogens with zero attached hydrogens (tertiary/aromatic N) is 3. The van der Waals surface area contributed by atoms with Crippen molar-refractivity contribution in [3.05, 3.63) is 120 Å². The zero-order valence-electron chi connectivity index (χ0n) is 19.9. The zero-order valence-corrected chi connectivity index (χ0v) is 22.2. The van der Waals surface area contributed by atoms with Crippen LogP contribution in [-0.4, -0.2) is 19.6 Å². The third kappa shape index (κ3) is 3.92. The van der Waals surface area contributed by atoms with Gasteiger partial charge in [0.05, 0.1) is 22.6 Å². The molecular weight excluding hydrogens is 625 g/mol. The number of phenols is 1. The van der Waals surface area contributed by atoms with E-state index in [-0.39, 0.29) is 32.2 Å². The van der Waals surface area contributed by atoms with Crippen LogP contribution in [0.15, 0.2) is 103 Å². The Bertz CT molecular complexity index is 1690. The van der Waals surface area contributed by atoms with E-state index < -0.39 is 0 Å². The van der Waals surface area contributed by atoms with E-state index in [1.165, 1.54) is 0 Å². The van der Waals surface area contributed by atoms with E-state index in [2.05, 4.69) is 50.2 Å². The van der Waals surface area contributed by atoms with Gasteiger partial charge in [-0.05, 0) is 42.5 Å². The van der Waals surface area contributed by atoms with E-state index in [4.69, 9.17) is 9.97 Å². The van der Waals surface area contributed by atoms with Crippen molar-refractivity contribution in [2.45, 2.75) is 19.3 Å². The van der Waals surface area contributed by atoms with Crippen molar-refractivity contribution in [2.24, 2.45) is 0 Å². The predicted molar refractivity (Wildman–Crippen MR) is 141 cm³/mol. The van der Waals surface area contributed by atoms with Crippen LogP contribution in [0.5, 0.6) is 5.75 Å². The Kier molecular flexibility index (Phi) is 6.24. The van der Waals surface area contributed by atoms with Gasteiger partial charge in [-0.3, -0.25) is 9.55 Å². The summed E-state index contributed by atoms with van der Waals surface area (Å²) in [5.74, 6) is 0.211. The molecule has 0 spiro atoms. The summed E-state index contributed by atoms with van der Waals surface area (Å²) in [4.78, 5) is 10.1. The molecule has 0 aliphatic carbocycles. The summed E-state index contributed by atoms with van der Waals surface area (Å²) in [7, 11) is 0. The first kappa shape index (κ1) is 24.0. The molecule has 0 unspecified atom stereocenters. The van der Waals surface area contributed by atoms with Crippen molar-refractivity contribution >= 4 is 21.9 Å². The summed E-state index contributed by atoms with van der Waals surface area (Å²) >= 11 is 0. The Morgan fingerprint density at radius 2 is 1.47 bits per heavy atom. The van der Waals surface area contributed by atoms with Gasteiger partial charge in [0.1, 0.15) is 11.4 Å². The van der Waals surface area contributed by atoms with Gasteiger partial charge in [-0.15, -0.1) is 0 Å². The Hall–Kier alpha value is -3.75. The van der Waals surface area contributed by atoms with E-state index in [1.807, 2.05) is 71.3 Å². The minimum absolute atomic E-state index is 0. The number of benzene rings is 3. The van der Waals surface area contributed by atoms with Crippen molar-refractivity contribution in [1.82, 2.24) is 14.5 Å². The number of fused-ring (bicyclic) bond motifs is 3. The van der Waals surface area contributed by atoms with E-state index >= 15 is 0 Å². The summed E-state index contributed by atoms with van der Waals surface area (Å²) in [6, 6.07) is 37.1. The monoisotopic (exact) mass is 649 g/mol. The van der Waals surface area contributed by atoms with Crippen LogP contribution in [0.2, 0.25) is 0 Å². The van der Waals surface area contributed by atoms with Crippen LogP contribution in [0.3, 0.4) is 0 Å². The normalized spacial score (nSPS) is 11.5. The largest absolute Gasteiger partial charge is 0.506 e. The fourth-order valence-corrected chi connectivity index (χ4v) is 4.72. The molecule has 0 atom stereocenters. The Morgan fingerprint density at radius 3 is 2.28 bits per heavy atom. The van der Waals surface area contributed by atoms with Crippen molar-refractivity contribution in [3.8, 4) is 22.8 Å². The quantitative estimate of drug-likeness (QED) is 0.208. The molecule has 0 aliphatic rings. The van der Waals surface area contributed by atoms with Crippen LogP contribution >= 0.6 is 0 Å². The molecule has 5 heteroatoms. The maximum absolute atomic E-state index is 10.7. The predicted octanol–water partition coefficient (Wildman–Crippen LogP) is 7.07. The molecule has 3 aromatic heterocycles. The third-order valence-electron chi connectivity index (χ3n) is 6.68. The molecule has 0 amide bonds. The molecule has 36 heavy (non-hydrogen) atoms. The van der Waals surface area contributed by atoms with Crippen LogP contribution in [-0.2, 0) is 26.5 Å². The first-order chi connectivity index (χ1) is 17.0. The second kappa shape index (κ2) is 9.37. The third-order valence-corrected chi connectivity index (χ3v) is 6.68.